The molecular weight excluding hydrogens is 695 g/mol. The van der Waals surface area contributed by atoms with E-state index in [9.17, 15) is 9.59 Å². The highest BCUT2D eigenvalue weighted by Crippen LogP contribution is 2.19. The Labute approximate surface area is 349 Å². The molecule has 1 N–H and O–H groups in total. The average Bonchev–Trinajstić information content (AvgIpc) is 3.18. The van der Waals surface area contributed by atoms with E-state index in [0.29, 0.717) is 19.4 Å². The Kier molecular flexibility index (Phi) is 41.5. The van der Waals surface area contributed by atoms with Crippen LogP contribution >= 0.6 is 0 Å². The summed E-state index contributed by atoms with van der Waals surface area (Å²) in [6, 6.07) is 0. The molecule has 7 nitrogen and oxygen atoms in total. The van der Waals surface area contributed by atoms with Crippen LogP contribution < -0.4 is 5.32 Å². The second kappa shape index (κ2) is 42.8. The Morgan fingerprint density at radius 3 is 1.38 bits per heavy atom. The van der Waals surface area contributed by atoms with Gasteiger partial charge in [-0.15, -0.1) is 0 Å². The van der Waals surface area contributed by atoms with Gasteiger partial charge in [-0.25, -0.2) is 0 Å². The van der Waals surface area contributed by atoms with Gasteiger partial charge in [0.2, 0.25) is 0 Å². The summed E-state index contributed by atoms with van der Waals surface area (Å²) in [6.45, 7) is 15.8. The van der Waals surface area contributed by atoms with Crippen LogP contribution in [-0.4, -0.2) is 74.7 Å². The predicted octanol–water partition coefficient (Wildman–Crippen LogP) is 13.7. The maximum Gasteiger partial charge on any atom is 0.306 e. The van der Waals surface area contributed by atoms with Gasteiger partial charge in [-0.3, -0.25) is 9.59 Å². The molecule has 0 atom stereocenters. The number of hydrogen-bond acceptors (Lipinski definition) is 7. The van der Waals surface area contributed by atoms with E-state index in [1.807, 2.05) is 19.0 Å². The molecule has 0 amide bonds. The molecule has 0 rings (SSSR count). The molecule has 0 aliphatic rings. The van der Waals surface area contributed by atoms with Crippen LogP contribution in [0.3, 0.4) is 0 Å². The first kappa shape index (κ1) is 54.2. The number of rotatable bonds is 45. The summed E-state index contributed by atoms with van der Waals surface area (Å²) in [7, 11) is 4.05. The summed E-state index contributed by atoms with van der Waals surface area (Å²) in [5, 5.41) is 3.45. The normalized spacial score (nSPS) is 11.4. The van der Waals surface area contributed by atoms with Gasteiger partial charge < -0.3 is 24.6 Å². The molecule has 0 saturated heterocycles. The van der Waals surface area contributed by atoms with Crippen LogP contribution in [0, 0.1) is 0 Å². The number of carbonyl (C=O) groups is 2. The van der Waals surface area contributed by atoms with Gasteiger partial charge >= 0.3 is 11.9 Å². The van der Waals surface area contributed by atoms with Crippen molar-refractivity contribution in [1.82, 2.24) is 15.1 Å². The van der Waals surface area contributed by atoms with Crippen LogP contribution in [0.2, 0.25) is 0 Å². The highest BCUT2D eigenvalue weighted by molar-refractivity contribution is 5.69. The molecule has 0 unspecified atom stereocenters. The van der Waals surface area contributed by atoms with Crippen molar-refractivity contribution in [3.8, 4) is 0 Å². The molecule has 0 bridgehead atoms. The van der Waals surface area contributed by atoms with Gasteiger partial charge in [-0.05, 0) is 83.8 Å². The van der Waals surface area contributed by atoms with E-state index in [1.54, 1.807) is 0 Å². The SMILES string of the molecule is C=C(NCCCN(CCCCCCCOC(=O)CCCCCCCCC)CCCCCCCC(=O)OC(CCCCCCCC)CCCCCCCC)N(C)C. The summed E-state index contributed by atoms with van der Waals surface area (Å²) in [6.07, 6.45) is 39.9. The van der Waals surface area contributed by atoms with E-state index >= 15 is 0 Å². The summed E-state index contributed by atoms with van der Waals surface area (Å²) < 4.78 is 11.6. The highest BCUT2D eigenvalue weighted by Gasteiger charge is 2.14. The summed E-state index contributed by atoms with van der Waals surface area (Å²) in [5.41, 5.74) is 0. The molecule has 0 fully saturated rings. The molecule has 0 spiro atoms. The monoisotopic (exact) mass is 792 g/mol. The van der Waals surface area contributed by atoms with E-state index in [0.717, 1.165) is 89.8 Å². The summed E-state index contributed by atoms with van der Waals surface area (Å²) >= 11 is 0. The van der Waals surface area contributed by atoms with Gasteiger partial charge in [0.15, 0.2) is 0 Å². The Balaban J connectivity index is 4.34. The van der Waals surface area contributed by atoms with E-state index in [4.69, 9.17) is 9.47 Å². The fourth-order valence-corrected chi connectivity index (χ4v) is 7.43. The highest BCUT2D eigenvalue weighted by atomic mass is 16.5. The molecule has 56 heavy (non-hydrogen) atoms. The van der Waals surface area contributed by atoms with Gasteiger partial charge in [0.25, 0.3) is 0 Å². The molecule has 0 heterocycles. The first-order valence-corrected chi connectivity index (χ1v) is 24.5. The van der Waals surface area contributed by atoms with Crippen LogP contribution in [0.4, 0.5) is 0 Å². The van der Waals surface area contributed by atoms with E-state index in [2.05, 4.69) is 37.6 Å². The van der Waals surface area contributed by atoms with Crippen LogP contribution in [0.25, 0.3) is 0 Å². The minimum Gasteiger partial charge on any atom is -0.466 e. The number of unbranched alkanes of at least 4 members (excludes halogenated alkanes) is 24. The second-order valence-corrected chi connectivity index (χ2v) is 17.1. The fourth-order valence-electron chi connectivity index (χ4n) is 7.43. The van der Waals surface area contributed by atoms with Gasteiger partial charge in [-0.2, -0.15) is 0 Å². The summed E-state index contributed by atoms with van der Waals surface area (Å²) in [5.74, 6) is 0.986. The third-order valence-corrected chi connectivity index (χ3v) is 11.3. The third kappa shape index (κ3) is 39.1. The van der Waals surface area contributed by atoms with Gasteiger partial charge in [0.05, 0.1) is 12.4 Å². The Morgan fingerprint density at radius 1 is 0.500 bits per heavy atom. The van der Waals surface area contributed by atoms with Crippen molar-refractivity contribution < 1.29 is 19.1 Å². The van der Waals surface area contributed by atoms with Crippen molar-refractivity contribution in [2.45, 2.75) is 245 Å². The van der Waals surface area contributed by atoms with Crippen LogP contribution in [0.5, 0.6) is 0 Å². The second-order valence-electron chi connectivity index (χ2n) is 17.1. The molecule has 332 valence electrons. The zero-order chi connectivity index (χ0) is 41.2. The number of carbonyl (C=O) groups excluding carboxylic acids is 2. The Hall–Kier alpha value is -1.76. The zero-order valence-electron chi connectivity index (χ0n) is 38.4. The van der Waals surface area contributed by atoms with Gasteiger partial charge in [-0.1, -0.05) is 169 Å². The topological polar surface area (TPSA) is 71.1 Å². The molecule has 0 radical (unpaired) electrons. The molecule has 0 aliphatic heterocycles. The lowest BCUT2D eigenvalue weighted by Gasteiger charge is -2.23. The number of ether oxygens (including phenoxy) is 2. The van der Waals surface area contributed by atoms with Crippen LogP contribution in [0.15, 0.2) is 12.4 Å². The maximum absolute atomic E-state index is 12.8. The van der Waals surface area contributed by atoms with Crippen molar-refractivity contribution in [2.75, 3.05) is 46.9 Å². The molecule has 0 aromatic heterocycles. The molecule has 0 aromatic carbocycles. The number of hydrogen-bond donors (Lipinski definition) is 1. The minimum absolute atomic E-state index is 0.0124. The van der Waals surface area contributed by atoms with Crippen LogP contribution in [0.1, 0.15) is 239 Å². The zero-order valence-corrected chi connectivity index (χ0v) is 38.4. The van der Waals surface area contributed by atoms with E-state index in [-0.39, 0.29) is 18.0 Å². The lowest BCUT2D eigenvalue weighted by atomic mass is 10.0. The van der Waals surface area contributed by atoms with Crippen molar-refractivity contribution >= 4 is 11.9 Å². The predicted molar refractivity (Wildman–Crippen MR) is 242 cm³/mol. The van der Waals surface area contributed by atoms with Crippen LogP contribution in [-0.2, 0) is 19.1 Å². The fraction of sp³-hybridized carbons (Fsp3) is 0.918. The third-order valence-electron chi connectivity index (χ3n) is 11.3. The number of nitrogens with one attached hydrogen (secondary N) is 1. The first-order chi connectivity index (χ1) is 27.3. The Morgan fingerprint density at radius 2 is 0.893 bits per heavy atom. The smallest absolute Gasteiger partial charge is 0.306 e. The minimum atomic E-state index is -0.0124. The molecule has 0 saturated carbocycles. The van der Waals surface area contributed by atoms with Crippen molar-refractivity contribution in [3.05, 3.63) is 12.4 Å². The Bertz CT molecular complexity index is 850. The molecule has 7 heteroatoms. The first-order valence-electron chi connectivity index (χ1n) is 24.5. The number of esters is 2. The van der Waals surface area contributed by atoms with E-state index < -0.39 is 0 Å². The molecule has 0 aromatic rings. The van der Waals surface area contributed by atoms with E-state index in [1.165, 1.54) is 148 Å². The maximum atomic E-state index is 12.8. The average molecular weight is 792 g/mol. The van der Waals surface area contributed by atoms with Gasteiger partial charge in [0, 0.05) is 33.5 Å². The van der Waals surface area contributed by atoms with Crippen molar-refractivity contribution in [2.24, 2.45) is 0 Å². The standard InChI is InChI=1S/C49H97N3O4/c1-7-10-13-16-19-24-31-39-48(53)55-45-35-28-21-27-34-43-52(44-36-41-50-46(4)51(5)6)42-33-26-20-25-32-40-49(54)56-47(37-29-22-17-14-11-8-2)38-30-23-18-15-12-9-3/h47,50H,4,7-45H2,1-3,5-6H3. The lowest BCUT2D eigenvalue weighted by Crippen LogP contribution is -2.31. The largest absolute Gasteiger partial charge is 0.466 e. The summed E-state index contributed by atoms with van der Waals surface area (Å²) in [4.78, 5) is 29.5. The molecule has 0 aliphatic carbocycles. The van der Waals surface area contributed by atoms with Gasteiger partial charge in [0.1, 0.15) is 6.10 Å². The number of nitrogens with zero attached hydrogens (tertiary/aromatic N) is 2. The van der Waals surface area contributed by atoms with Crippen molar-refractivity contribution in [1.29, 1.82) is 0 Å². The van der Waals surface area contributed by atoms with Crippen molar-refractivity contribution in [3.63, 3.8) is 0 Å². The lowest BCUT2D eigenvalue weighted by molar-refractivity contribution is -0.150. The quantitative estimate of drug-likeness (QED) is 0.0486. The molecular formula is C49H97N3O4.